The summed E-state index contributed by atoms with van der Waals surface area (Å²) in [5, 5.41) is 2.39. The molecule has 0 bridgehead atoms. The summed E-state index contributed by atoms with van der Waals surface area (Å²) in [6.07, 6.45) is -5.31. The molecule has 1 amide bonds. The standard InChI is InChI=1S/C17H15F4NO2/c1-24-15(11-5-4-6-12(18)9-11)10-22-16(23)13-7-2-3-8-14(13)17(19,20)21/h2-9,15H,10H2,1H3,(H,22,23)/t15-/m0/s1. The quantitative estimate of drug-likeness (QED) is 0.836. The highest BCUT2D eigenvalue weighted by molar-refractivity contribution is 5.95. The van der Waals surface area contributed by atoms with Gasteiger partial charge in [0.1, 0.15) is 5.82 Å². The Morgan fingerprint density at radius 3 is 2.50 bits per heavy atom. The molecule has 1 N–H and O–H groups in total. The van der Waals surface area contributed by atoms with Gasteiger partial charge in [-0.25, -0.2) is 4.39 Å². The molecule has 3 nitrogen and oxygen atoms in total. The summed E-state index contributed by atoms with van der Waals surface area (Å²) in [4.78, 5) is 12.1. The van der Waals surface area contributed by atoms with Crippen molar-refractivity contribution in [2.75, 3.05) is 13.7 Å². The average Bonchev–Trinajstić information content (AvgIpc) is 2.54. The molecule has 0 spiro atoms. The van der Waals surface area contributed by atoms with Crippen molar-refractivity contribution in [1.82, 2.24) is 5.32 Å². The Labute approximate surface area is 136 Å². The van der Waals surface area contributed by atoms with E-state index in [-0.39, 0.29) is 6.54 Å². The summed E-state index contributed by atoms with van der Waals surface area (Å²) < 4.78 is 57.2. The summed E-state index contributed by atoms with van der Waals surface area (Å²) in [6.45, 7) is -0.0923. The second kappa shape index (κ2) is 7.44. The number of hydrogen-bond donors (Lipinski definition) is 1. The third-order valence-corrected chi connectivity index (χ3v) is 3.43. The Morgan fingerprint density at radius 1 is 1.17 bits per heavy atom. The molecule has 1 atom stereocenters. The molecule has 0 saturated carbocycles. The molecule has 128 valence electrons. The van der Waals surface area contributed by atoms with Gasteiger partial charge in [-0.05, 0) is 29.8 Å². The fraction of sp³-hybridized carbons (Fsp3) is 0.235. The van der Waals surface area contributed by atoms with Crippen LogP contribution in [0.5, 0.6) is 0 Å². The van der Waals surface area contributed by atoms with E-state index < -0.39 is 35.1 Å². The van der Waals surface area contributed by atoms with Crippen LogP contribution in [0.25, 0.3) is 0 Å². The number of benzene rings is 2. The van der Waals surface area contributed by atoms with E-state index in [0.29, 0.717) is 5.56 Å². The van der Waals surface area contributed by atoms with Crippen LogP contribution in [0.2, 0.25) is 0 Å². The van der Waals surface area contributed by atoms with E-state index in [1.165, 1.54) is 37.4 Å². The Bertz CT molecular complexity index is 716. The predicted octanol–water partition coefficient (Wildman–Crippen LogP) is 3.96. The lowest BCUT2D eigenvalue weighted by molar-refractivity contribution is -0.137. The molecule has 0 radical (unpaired) electrons. The largest absolute Gasteiger partial charge is 0.417 e. The predicted molar refractivity (Wildman–Crippen MR) is 79.9 cm³/mol. The summed E-state index contributed by atoms with van der Waals surface area (Å²) in [7, 11) is 1.37. The highest BCUT2D eigenvalue weighted by atomic mass is 19.4. The summed E-state index contributed by atoms with van der Waals surface area (Å²) in [6, 6.07) is 10.1. The van der Waals surface area contributed by atoms with Crippen molar-refractivity contribution in [3.8, 4) is 0 Å². The highest BCUT2D eigenvalue weighted by Gasteiger charge is 2.34. The van der Waals surface area contributed by atoms with Crippen LogP contribution < -0.4 is 5.32 Å². The third kappa shape index (κ3) is 4.32. The van der Waals surface area contributed by atoms with Crippen LogP contribution in [0.4, 0.5) is 17.6 Å². The van der Waals surface area contributed by atoms with Gasteiger partial charge in [0, 0.05) is 13.7 Å². The zero-order valence-electron chi connectivity index (χ0n) is 12.7. The van der Waals surface area contributed by atoms with Crippen molar-refractivity contribution >= 4 is 5.91 Å². The van der Waals surface area contributed by atoms with Gasteiger partial charge in [0.2, 0.25) is 0 Å². The number of hydrogen-bond acceptors (Lipinski definition) is 2. The topological polar surface area (TPSA) is 38.3 Å². The van der Waals surface area contributed by atoms with Crippen molar-refractivity contribution in [1.29, 1.82) is 0 Å². The normalized spacial score (nSPS) is 12.7. The van der Waals surface area contributed by atoms with E-state index >= 15 is 0 Å². The van der Waals surface area contributed by atoms with Crippen molar-refractivity contribution in [3.63, 3.8) is 0 Å². The maximum Gasteiger partial charge on any atom is 0.417 e. The molecule has 0 fully saturated rings. The Balaban J connectivity index is 2.13. The zero-order valence-corrected chi connectivity index (χ0v) is 12.7. The van der Waals surface area contributed by atoms with Crippen LogP contribution >= 0.6 is 0 Å². The SMILES string of the molecule is CO[C@@H](CNC(=O)c1ccccc1C(F)(F)F)c1cccc(F)c1. The van der Waals surface area contributed by atoms with E-state index in [2.05, 4.69) is 5.32 Å². The molecule has 2 aromatic rings. The van der Waals surface area contributed by atoms with E-state index in [4.69, 9.17) is 4.74 Å². The van der Waals surface area contributed by atoms with Gasteiger partial charge >= 0.3 is 6.18 Å². The van der Waals surface area contributed by atoms with Crippen LogP contribution in [0.15, 0.2) is 48.5 Å². The van der Waals surface area contributed by atoms with Crippen LogP contribution in [0.1, 0.15) is 27.6 Å². The third-order valence-electron chi connectivity index (χ3n) is 3.43. The van der Waals surface area contributed by atoms with Crippen molar-refractivity contribution in [2.45, 2.75) is 12.3 Å². The molecule has 0 heterocycles. The van der Waals surface area contributed by atoms with E-state index in [1.54, 1.807) is 6.07 Å². The smallest absolute Gasteiger partial charge is 0.375 e. The van der Waals surface area contributed by atoms with Crippen molar-refractivity contribution < 1.29 is 27.1 Å². The first-order chi connectivity index (χ1) is 11.3. The molecule has 2 aromatic carbocycles. The maximum absolute atomic E-state index is 13.2. The van der Waals surface area contributed by atoms with Gasteiger partial charge in [0.05, 0.1) is 17.2 Å². The second-order valence-electron chi connectivity index (χ2n) is 5.03. The van der Waals surface area contributed by atoms with E-state index in [9.17, 15) is 22.4 Å². The van der Waals surface area contributed by atoms with Crippen molar-refractivity contribution in [2.24, 2.45) is 0 Å². The maximum atomic E-state index is 13.2. The van der Waals surface area contributed by atoms with Gasteiger partial charge in [-0.15, -0.1) is 0 Å². The van der Waals surface area contributed by atoms with Gasteiger partial charge in [-0.3, -0.25) is 4.79 Å². The number of alkyl halides is 3. The number of halogens is 4. The lowest BCUT2D eigenvalue weighted by Crippen LogP contribution is -2.30. The number of carbonyl (C=O) groups is 1. The van der Waals surface area contributed by atoms with Gasteiger partial charge < -0.3 is 10.1 Å². The number of methoxy groups -OCH3 is 1. The number of amides is 1. The number of rotatable bonds is 5. The van der Waals surface area contributed by atoms with Gasteiger partial charge in [0.25, 0.3) is 5.91 Å². The first-order valence-electron chi connectivity index (χ1n) is 7.05. The monoisotopic (exact) mass is 341 g/mol. The highest BCUT2D eigenvalue weighted by Crippen LogP contribution is 2.31. The molecule has 2 rings (SSSR count). The Kier molecular flexibility index (Phi) is 5.56. The Hall–Kier alpha value is -2.41. The van der Waals surface area contributed by atoms with Gasteiger partial charge in [-0.1, -0.05) is 24.3 Å². The van der Waals surface area contributed by atoms with Crippen LogP contribution in [-0.2, 0) is 10.9 Å². The minimum Gasteiger partial charge on any atom is -0.375 e. The summed E-state index contributed by atoms with van der Waals surface area (Å²) in [5.41, 5.74) is -1.01. The minimum atomic E-state index is -4.63. The molecular formula is C17H15F4NO2. The number of nitrogens with one attached hydrogen (secondary N) is 1. The average molecular weight is 341 g/mol. The number of carbonyl (C=O) groups excluding carboxylic acids is 1. The first kappa shape index (κ1) is 17.9. The zero-order chi connectivity index (χ0) is 17.7. The lowest BCUT2D eigenvalue weighted by atomic mass is 10.1. The molecule has 0 aliphatic heterocycles. The fourth-order valence-corrected chi connectivity index (χ4v) is 2.25. The summed E-state index contributed by atoms with van der Waals surface area (Å²) >= 11 is 0. The Morgan fingerprint density at radius 2 is 1.88 bits per heavy atom. The molecular weight excluding hydrogens is 326 g/mol. The second-order valence-corrected chi connectivity index (χ2v) is 5.03. The molecule has 7 heteroatoms. The lowest BCUT2D eigenvalue weighted by Gasteiger charge is -2.18. The minimum absolute atomic E-state index is 0.0923. The van der Waals surface area contributed by atoms with Crippen molar-refractivity contribution in [3.05, 3.63) is 71.0 Å². The summed E-state index contributed by atoms with van der Waals surface area (Å²) in [5.74, 6) is -1.34. The number of ether oxygens (including phenoxy) is 1. The van der Waals surface area contributed by atoms with Gasteiger partial charge in [0.15, 0.2) is 0 Å². The van der Waals surface area contributed by atoms with Crippen LogP contribution in [0.3, 0.4) is 0 Å². The molecule has 0 aliphatic rings. The molecule has 24 heavy (non-hydrogen) atoms. The van der Waals surface area contributed by atoms with Gasteiger partial charge in [-0.2, -0.15) is 13.2 Å². The van der Waals surface area contributed by atoms with Crippen LogP contribution in [-0.4, -0.2) is 19.6 Å². The molecule has 0 unspecified atom stereocenters. The molecule has 0 saturated heterocycles. The fourth-order valence-electron chi connectivity index (χ4n) is 2.25. The van der Waals surface area contributed by atoms with E-state index in [0.717, 1.165) is 12.1 Å². The molecule has 0 aromatic heterocycles. The first-order valence-corrected chi connectivity index (χ1v) is 7.05. The molecule has 0 aliphatic carbocycles. The van der Waals surface area contributed by atoms with E-state index in [1.807, 2.05) is 0 Å². The van der Waals surface area contributed by atoms with Crippen LogP contribution in [0, 0.1) is 5.82 Å².